The highest BCUT2D eigenvalue weighted by Gasteiger charge is 2.31. The third kappa shape index (κ3) is 2.49. The summed E-state index contributed by atoms with van der Waals surface area (Å²) < 4.78 is 0. The van der Waals surface area contributed by atoms with Crippen LogP contribution in [0, 0.1) is 0 Å². The summed E-state index contributed by atoms with van der Waals surface area (Å²) in [6.45, 7) is 7.27. The van der Waals surface area contributed by atoms with E-state index in [4.69, 9.17) is 0 Å². The molecule has 3 heterocycles. The minimum atomic E-state index is 0.0381. The molecule has 0 aliphatic carbocycles. The first-order valence-electron chi connectivity index (χ1n) is 6.88. The molecular weight excluding hydrogens is 250 g/mol. The van der Waals surface area contributed by atoms with Crippen LogP contribution < -0.4 is 10.2 Å². The van der Waals surface area contributed by atoms with Gasteiger partial charge in [0.2, 0.25) is 5.95 Å². The summed E-state index contributed by atoms with van der Waals surface area (Å²) >= 11 is 0. The van der Waals surface area contributed by atoms with Gasteiger partial charge in [-0.25, -0.2) is 9.97 Å². The van der Waals surface area contributed by atoms with Crippen LogP contribution in [-0.2, 0) is 0 Å². The largest absolute Gasteiger partial charge is 0.333 e. The van der Waals surface area contributed by atoms with E-state index in [1.54, 1.807) is 12.4 Å². The molecule has 0 unspecified atom stereocenters. The summed E-state index contributed by atoms with van der Waals surface area (Å²) in [5, 5.41) is 3.41. The van der Waals surface area contributed by atoms with Crippen LogP contribution in [0.4, 0.5) is 5.95 Å². The van der Waals surface area contributed by atoms with Crippen molar-refractivity contribution in [1.29, 1.82) is 0 Å². The lowest BCUT2D eigenvalue weighted by atomic mass is 10.0. The fourth-order valence-corrected chi connectivity index (χ4v) is 2.51. The first-order chi connectivity index (χ1) is 9.67. The second-order valence-corrected chi connectivity index (χ2v) is 5.65. The van der Waals surface area contributed by atoms with Gasteiger partial charge < -0.3 is 10.2 Å². The van der Waals surface area contributed by atoms with Crippen molar-refractivity contribution in [2.45, 2.75) is 19.4 Å². The molecule has 0 saturated carbocycles. The van der Waals surface area contributed by atoms with Crippen molar-refractivity contribution >= 4 is 5.95 Å². The molecule has 5 heteroatoms. The zero-order valence-electron chi connectivity index (χ0n) is 11.9. The van der Waals surface area contributed by atoms with Crippen LogP contribution in [0.15, 0.2) is 36.9 Å². The smallest absolute Gasteiger partial charge is 0.225 e. The first kappa shape index (κ1) is 13.0. The second kappa shape index (κ2) is 5.17. The van der Waals surface area contributed by atoms with Crippen LogP contribution in [-0.4, -0.2) is 40.1 Å². The number of anilines is 1. The van der Waals surface area contributed by atoms with Crippen LogP contribution in [0.25, 0.3) is 11.1 Å². The van der Waals surface area contributed by atoms with E-state index in [0.717, 1.165) is 36.7 Å². The lowest BCUT2D eigenvalue weighted by Gasteiger charge is -2.42. The Balaban J connectivity index is 1.86. The van der Waals surface area contributed by atoms with Gasteiger partial charge in [0.1, 0.15) is 0 Å². The van der Waals surface area contributed by atoms with Gasteiger partial charge >= 0.3 is 0 Å². The van der Waals surface area contributed by atoms with E-state index in [1.807, 2.05) is 24.5 Å². The van der Waals surface area contributed by atoms with Gasteiger partial charge in [-0.15, -0.1) is 0 Å². The summed E-state index contributed by atoms with van der Waals surface area (Å²) in [6.07, 6.45) is 7.33. The van der Waals surface area contributed by atoms with Gasteiger partial charge in [-0.1, -0.05) is 0 Å². The highest BCUT2D eigenvalue weighted by molar-refractivity contribution is 5.61. The van der Waals surface area contributed by atoms with Gasteiger partial charge in [-0.05, 0) is 31.5 Å². The molecule has 0 aromatic carbocycles. The second-order valence-electron chi connectivity index (χ2n) is 5.65. The Morgan fingerprint density at radius 1 is 1.10 bits per heavy atom. The van der Waals surface area contributed by atoms with Crippen LogP contribution in [0.5, 0.6) is 0 Å². The molecule has 0 radical (unpaired) electrons. The minimum Gasteiger partial charge on any atom is -0.333 e. The molecule has 1 saturated heterocycles. The maximum atomic E-state index is 4.54. The Labute approximate surface area is 119 Å². The molecule has 20 heavy (non-hydrogen) atoms. The fraction of sp³-hybridized carbons (Fsp3) is 0.400. The van der Waals surface area contributed by atoms with Crippen LogP contribution in [0.3, 0.4) is 0 Å². The number of piperazine rings is 1. The van der Waals surface area contributed by atoms with E-state index >= 15 is 0 Å². The number of pyridine rings is 1. The zero-order chi connectivity index (χ0) is 14.0. The molecule has 0 spiro atoms. The highest BCUT2D eigenvalue weighted by atomic mass is 15.3. The monoisotopic (exact) mass is 269 g/mol. The van der Waals surface area contributed by atoms with Gasteiger partial charge in [-0.2, -0.15) is 0 Å². The molecule has 2 aromatic rings. The van der Waals surface area contributed by atoms with E-state index < -0.39 is 0 Å². The first-order valence-corrected chi connectivity index (χ1v) is 6.88. The molecule has 1 aliphatic heterocycles. The summed E-state index contributed by atoms with van der Waals surface area (Å²) in [5.41, 5.74) is 2.14. The molecule has 5 nitrogen and oxygen atoms in total. The van der Waals surface area contributed by atoms with Crippen molar-refractivity contribution in [2.75, 3.05) is 24.5 Å². The quantitative estimate of drug-likeness (QED) is 0.899. The lowest BCUT2D eigenvalue weighted by molar-refractivity contribution is 0.375. The minimum absolute atomic E-state index is 0.0381. The van der Waals surface area contributed by atoms with E-state index in [0.29, 0.717) is 0 Å². The predicted molar refractivity (Wildman–Crippen MR) is 79.6 cm³/mol. The van der Waals surface area contributed by atoms with Gasteiger partial charge in [0.15, 0.2) is 0 Å². The fourth-order valence-electron chi connectivity index (χ4n) is 2.51. The topological polar surface area (TPSA) is 53.9 Å². The average molecular weight is 269 g/mol. The third-order valence-corrected chi connectivity index (χ3v) is 3.69. The summed E-state index contributed by atoms with van der Waals surface area (Å²) in [5.74, 6) is 0.800. The molecule has 104 valence electrons. The van der Waals surface area contributed by atoms with Crippen LogP contribution in [0.1, 0.15) is 13.8 Å². The van der Waals surface area contributed by atoms with E-state index in [9.17, 15) is 0 Å². The van der Waals surface area contributed by atoms with Crippen molar-refractivity contribution < 1.29 is 0 Å². The average Bonchev–Trinajstić information content (AvgIpc) is 2.48. The number of hydrogen-bond donors (Lipinski definition) is 1. The predicted octanol–water partition coefficient (Wildman–Crippen LogP) is 1.73. The van der Waals surface area contributed by atoms with Gasteiger partial charge in [-0.3, -0.25) is 4.98 Å². The molecular formula is C15H19N5. The van der Waals surface area contributed by atoms with Gasteiger partial charge in [0.05, 0.1) is 0 Å². The van der Waals surface area contributed by atoms with Gasteiger partial charge in [0, 0.05) is 55.5 Å². The summed E-state index contributed by atoms with van der Waals surface area (Å²) in [7, 11) is 0. The summed E-state index contributed by atoms with van der Waals surface area (Å²) in [4.78, 5) is 15.4. The van der Waals surface area contributed by atoms with Crippen molar-refractivity contribution in [1.82, 2.24) is 20.3 Å². The van der Waals surface area contributed by atoms with Crippen molar-refractivity contribution in [3.8, 4) is 11.1 Å². The number of rotatable bonds is 2. The molecule has 0 bridgehead atoms. The maximum Gasteiger partial charge on any atom is 0.225 e. The van der Waals surface area contributed by atoms with Crippen molar-refractivity contribution in [3.63, 3.8) is 0 Å². The number of hydrogen-bond acceptors (Lipinski definition) is 5. The number of nitrogens with zero attached hydrogens (tertiary/aromatic N) is 4. The Morgan fingerprint density at radius 2 is 1.80 bits per heavy atom. The Bertz CT molecular complexity index is 565. The Kier molecular flexibility index (Phi) is 3.36. The molecule has 2 aromatic heterocycles. The standard InChI is InChI=1S/C15H19N5/c1-15(2)11-17-7-8-20(15)14-18-9-13(10-19-14)12-3-5-16-6-4-12/h3-6,9-10,17H,7-8,11H2,1-2H3. The normalized spacial score (nSPS) is 18.0. The number of aromatic nitrogens is 3. The highest BCUT2D eigenvalue weighted by Crippen LogP contribution is 2.23. The Hall–Kier alpha value is -2.01. The molecule has 1 fully saturated rings. The maximum absolute atomic E-state index is 4.54. The molecule has 0 atom stereocenters. The SMILES string of the molecule is CC1(C)CNCCN1c1ncc(-c2ccncc2)cn1. The van der Waals surface area contributed by atoms with Crippen LogP contribution >= 0.6 is 0 Å². The van der Waals surface area contributed by atoms with E-state index in [2.05, 4.69) is 39.0 Å². The van der Waals surface area contributed by atoms with E-state index in [-0.39, 0.29) is 5.54 Å². The summed E-state index contributed by atoms with van der Waals surface area (Å²) in [6, 6.07) is 3.93. The third-order valence-electron chi connectivity index (χ3n) is 3.69. The van der Waals surface area contributed by atoms with Crippen LogP contribution in [0.2, 0.25) is 0 Å². The molecule has 1 aliphatic rings. The van der Waals surface area contributed by atoms with E-state index in [1.165, 1.54) is 0 Å². The van der Waals surface area contributed by atoms with Gasteiger partial charge in [0.25, 0.3) is 0 Å². The molecule has 3 rings (SSSR count). The zero-order valence-corrected chi connectivity index (χ0v) is 11.9. The molecule has 1 N–H and O–H groups in total. The lowest BCUT2D eigenvalue weighted by Crippen LogP contribution is -2.58. The number of nitrogens with one attached hydrogen (secondary N) is 1. The van der Waals surface area contributed by atoms with Crippen molar-refractivity contribution in [2.24, 2.45) is 0 Å². The molecule has 0 amide bonds. The Morgan fingerprint density at radius 3 is 2.45 bits per heavy atom. The van der Waals surface area contributed by atoms with Crippen molar-refractivity contribution in [3.05, 3.63) is 36.9 Å².